The molecule has 6 heteroatoms. The van der Waals surface area contributed by atoms with Crippen LogP contribution in [0.15, 0.2) is 42.6 Å². The molecule has 6 nitrogen and oxygen atoms in total. The second-order valence-electron chi connectivity index (χ2n) is 4.30. The zero-order chi connectivity index (χ0) is 15.2. The van der Waals surface area contributed by atoms with Crippen LogP contribution in [0.5, 0.6) is 0 Å². The Morgan fingerprint density at radius 2 is 1.86 bits per heavy atom. The summed E-state index contributed by atoms with van der Waals surface area (Å²) in [7, 11) is 0. The van der Waals surface area contributed by atoms with E-state index in [1.54, 1.807) is 30.5 Å². The lowest BCUT2D eigenvalue weighted by Gasteiger charge is -2.08. The molecule has 0 radical (unpaired) electrons. The fraction of sp³-hybridized carbons (Fsp3) is 0.133. The number of pyridine rings is 1. The van der Waals surface area contributed by atoms with E-state index in [-0.39, 0.29) is 11.5 Å². The van der Waals surface area contributed by atoms with Crippen molar-refractivity contribution >= 4 is 23.3 Å². The van der Waals surface area contributed by atoms with Crippen LogP contribution in [0.4, 0.5) is 11.4 Å². The van der Waals surface area contributed by atoms with Crippen LogP contribution >= 0.6 is 0 Å². The summed E-state index contributed by atoms with van der Waals surface area (Å²) in [6, 6.07) is 9.71. The number of carboxylic acid groups (broad SMARTS) is 1. The molecule has 0 aliphatic heterocycles. The molecule has 108 valence electrons. The van der Waals surface area contributed by atoms with Gasteiger partial charge in [0.05, 0.1) is 5.56 Å². The number of amides is 1. The Kier molecular flexibility index (Phi) is 4.50. The Morgan fingerprint density at radius 1 is 1.14 bits per heavy atom. The van der Waals surface area contributed by atoms with Crippen LogP contribution in [-0.2, 0) is 0 Å². The highest BCUT2D eigenvalue weighted by atomic mass is 16.4. The van der Waals surface area contributed by atoms with Crippen molar-refractivity contribution in [1.29, 1.82) is 0 Å². The van der Waals surface area contributed by atoms with E-state index < -0.39 is 5.97 Å². The number of rotatable bonds is 5. The van der Waals surface area contributed by atoms with E-state index in [4.69, 9.17) is 5.11 Å². The molecule has 0 fully saturated rings. The van der Waals surface area contributed by atoms with Crippen LogP contribution in [0.2, 0.25) is 0 Å². The van der Waals surface area contributed by atoms with Gasteiger partial charge in [-0.3, -0.25) is 9.78 Å². The molecule has 0 saturated heterocycles. The normalized spacial score (nSPS) is 9.95. The molecule has 2 rings (SSSR count). The fourth-order valence-electron chi connectivity index (χ4n) is 1.75. The van der Waals surface area contributed by atoms with Crippen molar-refractivity contribution in [3.05, 3.63) is 53.9 Å². The third kappa shape index (κ3) is 3.79. The van der Waals surface area contributed by atoms with Gasteiger partial charge < -0.3 is 15.7 Å². The molecule has 1 aromatic heterocycles. The van der Waals surface area contributed by atoms with Crippen molar-refractivity contribution < 1.29 is 14.7 Å². The zero-order valence-corrected chi connectivity index (χ0v) is 11.5. The summed E-state index contributed by atoms with van der Waals surface area (Å²) >= 11 is 0. The maximum Gasteiger partial charge on any atom is 0.335 e. The molecule has 21 heavy (non-hydrogen) atoms. The second kappa shape index (κ2) is 6.51. The first-order valence-corrected chi connectivity index (χ1v) is 6.45. The molecule has 1 amide bonds. The fourth-order valence-corrected chi connectivity index (χ4v) is 1.75. The van der Waals surface area contributed by atoms with Crippen LogP contribution in [-0.4, -0.2) is 28.5 Å². The van der Waals surface area contributed by atoms with E-state index in [0.717, 1.165) is 5.69 Å². The Labute approximate surface area is 121 Å². The maximum absolute atomic E-state index is 11.7. The van der Waals surface area contributed by atoms with Gasteiger partial charge >= 0.3 is 5.97 Å². The van der Waals surface area contributed by atoms with Gasteiger partial charge in [-0.2, -0.15) is 0 Å². The second-order valence-corrected chi connectivity index (χ2v) is 4.30. The number of nitrogens with one attached hydrogen (secondary N) is 2. The van der Waals surface area contributed by atoms with E-state index in [9.17, 15) is 9.59 Å². The minimum atomic E-state index is -0.969. The van der Waals surface area contributed by atoms with E-state index in [2.05, 4.69) is 15.6 Å². The summed E-state index contributed by atoms with van der Waals surface area (Å²) in [5.74, 6) is -1.20. The van der Waals surface area contributed by atoms with Gasteiger partial charge in [-0.25, -0.2) is 4.79 Å². The summed E-state index contributed by atoms with van der Waals surface area (Å²) in [5.41, 5.74) is 1.98. The van der Waals surface area contributed by atoms with Crippen molar-refractivity contribution in [3.63, 3.8) is 0 Å². The lowest BCUT2D eigenvalue weighted by Crippen LogP contribution is -2.23. The molecule has 0 aliphatic carbocycles. The summed E-state index contributed by atoms with van der Waals surface area (Å²) in [6.45, 7) is 2.37. The molecule has 0 atom stereocenters. The number of hydrogen-bond acceptors (Lipinski definition) is 4. The van der Waals surface area contributed by atoms with Gasteiger partial charge in [0.15, 0.2) is 0 Å². The number of hydrogen-bond donors (Lipinski definition) is 3. The van der Waals surface area contributed by atoms with Crippen LogP contribution in [0.25, 0.3) is 0 Å². The van der Waals surface area contributed by atoms with E-state index in [0.29, 0.717) is 17.9 Å². The lowest BCUT2D eigenvalue weighted by atomic mass is 10.2. The van der Waals surface area contributed by atoms with Gasteiger partial charge in [0.1, 0.15) is 5.69 Å². The number of carbonyl (C=O) groups is 2. The summed E-state index contributed by atoms with van der Waals surface area (Å²) in [5, 5.41) is 14.6. The minimum absolute atomic E-state index is 0.221. The van der Waals surface area contributed by atoms with Crippen molar-refractivity contribution in [2.75, 3.05) is 11.9 Å². The predicted molar refractivity (Wildman–Crippen MR) is 78.9 cm³/mol. The van der Waals surface area contributed by atoms with Crippen molar-refractivity contribution in [1.82, 2.24) is 10.3 Å². The molecular formula is C15H15N3O3. The average Bonchev–Trinajstić information content (AvgIpc) is 2.48. The third-order valence-corrected chi connectivity index (χ3v) is 2.75. The number of carboxylic acids is 1. The monoisotopic (exact) mass is 285 g/mol. The van der Waals surface area contributed by atoms with Crippen LogP contribution < -0.4 is 10.6 Å². The molecule has 3 N–H and O–H groups in total. The van der Waals surface area contributed by atoms with Crippen molar-refractivity contribution in [3.8, 4) is 0 Å². The van der Waals surface area contributed by atoms with Gasteiger partial charge in [-0.05, 0) is 43.3 Å². The quantitative estimate of drug-likeness (QED) is 0.784. The van der Waals surface area contributed by atoms with Crippen LogP contribution in [0, 0.1) is 0 Å². The number of aromatic carboxylic acids is 1. The Morgan fingerprint density at radius 3 is 2.48 bits per heavy atom. The van der Waals surface area contributed by atoms with Crippen LogP contribution in [0.1, 0.15) is 27.8 Å². The maximum atomic E-state index is 11.7. The van der Waals surface area contributed by atoms with Gasteiger partial charge in [-0.1, -0.05) is 0 Å². The molecule has 0 bridgehead atoms. The van der Waals surface area contributed by atoms with Gasteiger partial charge in [0, 0.05) is 24.1 Å². The number of carbonyl (C=O) groups excluding carboxylic acids is 1. The van der Waals surface area contributed by atoms with Gasteiger partial charge in [-0.15, -0.1) is 0 Å². The lowest BCUT2D eigenvalue weighted by molar-refractivity contribution is 0.0696. The highest BCUT2D eigenvalue weighted by Crippen LogP contribution is 2.17. The number of aromatic nitrogens is 1. The number of nitrogens with zero attached hydrogens (tertiary/aromatic N) is 1. The van der Waals surface area contributed by atoms with Gasteiger partial charge in [0.25, 0.3) is 5.91 Å². The average molecular weight is 285 g/mol. The highest BCUT2D eigenvalue weighted by molar-refractivity contribution is 5.93. The molecular weight excluding hydrogens is 270 g/mol. The van der Waals surface area contributed by atoms with E-state index in [1.807, 2.05) is 6.92 Å². The Hall–Kier alpha value is -2.89. The predicted octanol–water partition coefficient (Wildman–Crippen LogP) is 2.27. The summed E-state index contributed by atoms with van der Waals surface area (Å²) in [6.07, 6.45) is 1.54. The largest absolute Gasteiger partial charge is 0.478 e. The third-order valence-electron chi connectivity index (χ3n) is 2.75. The van der Waals surface area contributed by atoms with Crippen molar-refractivity contribution in [2.45, 2.75) is 6.92 Å². The number of anilines is 2. The smallest absolute Gasteiger partial charge is 0.335 e. The minimum Gasteiger partial charge on any atom is -0.478 e. The Balaban J connectivity index is 2.14. The highest BCUT2D eigenvalue weighted by Gasteiger charge is 2.07. The SMILES string of the molecule is CCNC(=O)c1cc(Nc2ccc(C(=O)O)cc2)ccn1. The molecule has 2 aromatic rings. The first-order chi connectivity index (χ1) is 10.1. The Bertz CT molecular complexity index is 653. The van der Waals surface area contributed by atoms with Crippen molar-refractivity contribution in [2.24, 2.45) is 0 Å². The first-order valence-electron chi connectivity index (χ1n) is 6.45. The summed E-state index contributed by atoms with van der Waals surface area (Å²) < 4.78 is 0. The molecule has 0 spiro atoms. The van der Waals surface area contributed by atoms with Crippen LogP contribution in [0.3, 0.4) is 0 Å². The van der Waals surface area contributed by atoms with E-state index in [1.165, 1.54) is 12.1 Å². The standard InChI is InChI=1S/C15H15N3O3/c1-2-16-14(19)13-9-12(7-8-17-13)18-11-5-3-10(4-6-11)15(20)21/h3-9H,2H2,1H3,(H,16,19)(H,17,18)(H,20,21). The van der Waals surface area contributed by atoms with E-state index >= 15 is 0 Å². The topological polar surface area (TPSA) is 91.3 Å². The molecule has 0 unspecified atom stereocenters. The number of benzene rings is 1. The molecule has 0 saturated carbocycles. The molecule has 0 aliphatic rings. The first kappa shape index (κ1) is 14.5. The summed E-state index contributed by atoms with van der Waals surface area (Å²) in [4.78, 5) is 26.5. The zero-order valence-electron chi connectivity index (χ0n) is 11.5. The molecule has 1 aromatic carbocycles. The van der Waals surface area contributed by atoms with Gasteiger partial charge in [0.2, 0.25) is 0 Å². The molecule has 1 heterocycles.